The normalized spacial score (nSPS) is 19.8. The molecule has 1 aromatic rings. The molecule has 1 heterocycles. The van der Waals surface area contributed by atoms with Crippen LogP contribution in [0.4, 0.5) is 0 Å². The van der Waals surface area contributed by atoms with Gasteiger partial charge in [-0.15, -0.1) is 0 Å². The van der Waals surface area contributed by atoms with E-state index in [-0.39, 0.29) is 0 Å². The minimum absolute atomic E-state index is 0.509. The van der Waals surface area contributed by atoms with E-state index in [1.807, 2.05) is 30.3 Å². The first-order valence-corrected chi connectivity index (χ1v) is 5.89. The Balaban J connectivity index is 2.27. The lowest BCUT2D eigenvalue weighted by atomic mass is 10.0. The minimum atomic E-state index is -0.509. The molecule has 0 atom stereocenters. The van der Waals surface area contributed by atoms with E-state index in [4.69, 9.17) is 9.47 Å². The van der Waals surface area contributed by atoms with Gasteiger partial charge in [0.2, 0.25) is 0 Å². The van der Waals surface area contributed by atoms with Gasteiger partial charge in [0, 0.05) is 17.3 Å². The summed E-state index contributed by atoms with van der Waals surface area (Å²) in [5, 5.41) is 0.877. The lowest BCUT2D eigenvalue weighted by Gasteiger charge is -2.26. The molecular formula is C11H13BrO2. The molecule has 76 valence electrons. The largest absolute Gasteiger partial charge is 0.343 e. The first-order chi connectivity index (χ1) is 6.87. The van der Waals surface area contributed by atoms with E-state index in [2.05, 4.69) is 15.9 Å². The summed E-state index contributed by atoms with van der Waals surface area (Å²) in [4.78, 5) is 0. The third kappa shape index (κ3) is 1.85. The van der Waals surface area contributed by atoms with Crippen LogP contribution in [-0.2, 0) is 15.3 Å². The van der Waals surface area contributed by atoms with E-state index in [0.29, 0.717) is 13.2 Å². The van der Waals surface area contributed by atoms with Gasteiger partial charge in [0.25, 0.3) is 0 Å². The molecule has 0 aromatic heterocycles. The zero-order chi connectivity index (χ0) is 9.86. The van der Waals surface area contributed by atoms with Crippen LogP contribution in [0.2, 0.25) is 0 Å². The van der Waals surface area contributed by atoms with Crippen LogP contribution in [0, 0.1) is 0 Å². The smallest absolute Gasteiger partial charge is 0.195 e. The Hall–Kier alpha value is -0.380. The maximum Gasteiger partial charge on any atom is 0.195 e. The quantitative estimate of drug-likeness (QED) is 0.775. The Labute approximate surface area is 92.3 Å². The van der Waals surface area contributed by atoms with Crippen LogP contribution in [0.3, 0.4) is 0 Å². The molecule has 14 heavy (non-hydrogen) atoms. The summed E-state index contributed by atoms with van der Waals surface area (Å²) in [6.07, 6.45) is 0.844. The van der Waals surface area contributed by atoms with Gasteiger partial charge in [-0.25, -0.2) is 0 Å². The molecule has 0 radical (unpaired) electrons. The Morgan fingerprint density at radius 1 is 1.14 bits per heavy atom. The second-order valence-corrected chi connectivity index (χ2v) is 4.05. The first kappa shape index (κ1) is 10.1. The number of hydrogen-bond donors (Lipinski definition) is 0. The van der Waals surface area contributed by atoms with Gasteiger partial charge in [-0.3, -0.25) is 0 Å². The van der Waals surface area contributed by atoms with E-state index in [9.17, 15) is 0 Å². The predicted octanol–water partition coefficient (Wildman–Crippen LogP) is 2.67. The molecule has 1 aromatic carbocycles. The first-order valence-electron chi connectivity index (χ1n) is 4.77. The average molecular weight is 257 g/mol. The van der Waals surface area contributed by atoms with Crippen molar-refractivity contribution in [2.75, 3.05) is 18.5 Å². The number of halogens is 1. The molecule has 0 saturated carbocycles. The molecule has 1 aliphatic heterocycles. The monoisotopic (exact) mass is 256 g/mol. The molecule has 0 unspecified atom stereocenters. The Bertz CT molecular complexity index is 281. The van der Waals surface area contributed by atoms with Gasteiger partial charge >= 0.3 is 0 Å². The van der Waals surface area contributed by atoms with Crippen LogP contribution >= 0.6 is 15.9 Å². The lowest BCUT2D eigenvalue weighted by Crippen LogP contribution is -2.27. The van der Waals surface area contributed by atoms with Crippen molar-refractivity contribution >= 4 is 15.9 Å². The molecule has 1 saturated heterocycles. The average Bonchev–Trinajstić information content (AvgIpc) is 2.70. The SMILES string of the molecule is BrCCC1(c2ccccc2)OCCO1. The third-order valence-electron chi connectivity index (χ3n) is 2.39. The molecule has 0 spiro atoms. The van der Waals surface area contributed by atoms with Gasteiger partial charge in [-0.05, 0) is 0 Å². The highest BCUT2D eigenvalue weighted by Crippen LogP contribution is 2.34. The second kappa shape index (κ2) is 4.43. The van der Waals surface area contributed by atoms with Gasteiger partial charge in [0.15, 0.2) is 5.79 Å². The van der Waals surface area contributed by atoms with E-state index in [0.717, 1.165) is 17.3 Å². The van der Waals surface area contributed by atoms with Crippen LogP contribution < -0.4 is 0 Å². The molecule has 3 heteroatoms. The van der Waals surface area contributed by atoms with Crippen molar-refractivity contribution in [2.24, 2.45) is 0 Å². The summed E-state index contributed by atoms with van der Waals surface area (Å²) < 4.78 is 11.4. The maximum absolute atomic E-state index is 5.71. The standard InChI is InChI=1S/C11H13BrO2/c12-7-6-11(13-8-9-14-11)10-4-2-1-3-5-10/h1-5H,6-9H2. The predicted molar refractivity (Wildman–Crippen MR) is 58.4 cm³/mol. The fraction of sp³-hybridized carbons (Fsp3) is 0.455. The molecule has 0 aliphatic carbocycles. The maximum atomic E-state index is 5.71. The second-order valence-electron chi connectivity index (χ2n) is 3.25. The summed E-state index contributed by atoms with van der Waals surface area (Å²) in [7, 11) is 0. The number of alkyl halides is 1. The van der Waals surface area contributed by atoms with Gasteiger partial charge in [0.05, 0.1) is 13.2 Å². The van der Waals surface area contributed by atoms with Gasteiger partial charge in [0.1, 0.15) is 0 Å². The van der Waals surface area contributed by atoms with Crippen molar-refractivity contribution in [3.05, 3.63) is 35.9 Å². The molecule has 0 amide bonds. The van der Waals surface area contributed by atoms with Crippen molar-refractivity contribution in [2.45, 2.75) is 12.2 Å². The van der Waals surface area contributed by atoms with Crippen molar-refractivity contribution in [1.29, 1.82) is 0 Å². The van der Waals surface area contributed by atoms with Crippen LogP contribution in [0.15, 0.2) is 30.3 Å². The molecule has 1 aliphatic rings. The topological polar surface area (TPSA) is 18.5 Å². The fourth-order valence-corrected chi connectivity index (χ4v) is 2.25. The van der Waals surface area contributed by atoms with Crippen molar-refractivity contribution in [3.63, 3.8) is 0 Å². The van der Waals surface area contributed by atoms with E-state index >= 15 is 0 Å². The van der Waals surface area contributed by atoms with Gasteiger partial charge in [-0.2, -0.15) is 0 Å². The number of hydrogen-bond acceptors (Lipinski definition) is 2. The number of benzene rings is 1. The molecule has 0 bridgehead atoms. The fourth-order valence-electron chi connectivity index (χ4n) is 1.73. The van der Waals surface area contributed by atoms with Crippen LogP contribution in [0.1, 0.15) is 12.0 Å². The lowest BCUT2D eigenvalue weighted by molar-refractivity contribution is -0.166. The van der Waals surface area contributed by atoms with Gasteiger partial charge < -0.3 is 9.47 Å². The third-order valence-corrected chi connectivity index (χ3v) is 2.79. The van der Waals surface area contributed by atoms with Crippen molar-refractivity contribution in [1.82, 2.24) is 0 Å². The highest BCUT2D eigenvalue weighted by atomic mass is 79.9. The van der Waals surface area contributed by atoms with Crippen LogP contribution in [0.5, 0.6) is 0 Å². The van der Waals surface area contributed by atoms with Crippen LogP contribution in [-0.4, -0.2) is 18.5 Å². The summed E-state index contributed by atoms with van der Waals surface area (Å²) in [5.41, 5.74) is 1.11. The summed E-state index contributed by atoms with van der Waals surface area (Å²) >= 11 is 3.43. The van der Waals surface area contributed by atoms with Crippen molar-refractivity contribution < 1.29 is 9.47 Å². The Morgan fingerprint density at radius 3 is 2.36 bits per heavy atom. The van der Waals surface area contributed by atoms with E-state index < -0.39 is 5.79 Å². The minimum Gasteiger partial charge on any atom is -0.343 e. The summed E-state index contributed by atoms with van der Waals surface area (Å²) in [6, 6.07) is 10.1. The zero-order valence-electron chi connectivity index (χ0n) is 7.91. The number of ether oxygens (including phenoxy) is 2. The highest BCUT2D eigenvalue weighted by Gasteiger charge is 2.37. The Kier molecular flexibility index (Phi) is 3.21. The van der Waals surface area contributed by atoms with E-state index in [1.165, 1.54) is 0 Å². The Morgan fingerprint density at radius 2 is 1.79 bits per heavy atom. The zero-order valence-corrected chi connectivity index (χ0v) is 9.50. The van der Waals surface area contributed by atoms with Crippen LogP contribution in [0.25, 0.3) is 0 Å². The van der Waals surface area contributed by atoms with Gasteiger partial charge in [-0.1, -0.05) is 46.3 Å². The van der Waals surface area contributed by atoms with E-state index in [1.54, 1.807) is 0 Å². The molecule has 2 nitrogen and oxygen atoms in total. The molecule has 2 rings (SSSR count). The number of rotatable bonds is 3. The van der Waals surface area contributed by atoms with Crippen molar-refractivity contribution in [3.8, 4) is 0 Å². The summed E-state index contributed by atoms with van der Waals surface area (Å²) in [5.74, 6) is -0.509. The summed E-state index contributed by atoms with van der Waals surface area (Å²) in [6.45, 7) is 1.36. The molecule has 0 N–H and O–H groups in total. The highest BCUT2D eigenvalue weighted by molar-refractivity contribution is 9.09. The molecular weight excluding hydrogens is 244 g/mol. The molecule has 1 fully saturated rings.